The lowest BCUT2D eigenvalue weighted by molar-refractivity contribution is 0.0937. The first-order valence-corrected chi connectivity index (χ1v) is 7.89. The zero-order chi connectivity index (χ0) is 15.2. The van der Waals surface area contributed by atoms with Gasteiger partial charge < -0.3 is 15.8 Å². The van der Waals surface area contributed by atoms with Crippen molar-refractivity contribution >= 4 is 22.9 Å². The summed E-state index contributed by atoms with van der Waals surface area (Å²) in [6.45, 7) is 4.35. The number of amides is 1. The highest BCUT2D eigenvalue weighted by atomic mass is 32.1. The quantitative estimate of drug-likeness (QED) is 0.806. The Kier molecular flexibility index (Phi) is 5.22. The summed E-state index contributed by atoms with van der Waals surface area (Å²) in [7, 11) is 0. The summed E-state index contributed by atoms with van der Waals surface area (Å²) in [5.41, 5.74) is 7.99. The van der Waals surface area contributed by atoms with Crippen LogP contribution in [0.25, 0.3) is 0 Å². The van der Waals surface area contributed by atoms with Crippen molar-refractivity contribution in [1.29, 1.82) is 0 Å². The monoisotopic (exact) mass is 304 g/mol. The zero-order valence-electron chi connectivity index (χ0n) is 12.3. The predicted molar refractivity (Wildman–Crippen MR) is 87.0 cm³/mol. The van der Waals surface area contributed by atoms with Crippen molar-refractivity contribution in [2.45, 2.75) is 26.3 Å². The SMILES string of the molecule is CCOc1cccc(N)c1C(=O)NC(C)Cc1ccsc1. The van der Waals surface area contributed by atoms with E-state index in [1.807, 2.05) is 19.2 Å². The number of nitrogen functional groups attached to an aromatic ring is 1. The number of hydrogen-bond acceptors (Lipinski definition) is 4. The number of rotatable bonds is 6. The van der Waals surface area contributed by atoms with E-state index >= 15 is 0 Å². The summed E-state index contributed by atoms with van der Waals surface area (Å²) in [6.07, 6.45) is 0.798. The highest BCUT2D eigenvalue weighted by Gasteiger charge is 2.18. The molecule has 0 aliphatic rings. The van der Waals surface area contributed by atoms with E-state index in [1.54, 1.807) is 29.5 Å². The Morgan fingerprint density at radius 3 is 2.90 bits per heavy atom. The topological polar surface area (TPSA) is 64.3 Å². The largest absolute Gasteiger partial charge is 0.493 e. The van der Waals surface area contributed by atoms with Gasteiger partial charge in [-0.2, -0.15) is 11.3 Å². The van der Waals surface area contributed by atoms with Gasteiger partial charge in [-0.15, -0.1) is 0 Å². The van der Waals surface area contributed by atoms with Crippen LogP contribution in [0.3, 0.4) is 0 Å². The van der Waals surface area contributed by atoms with E-state index in [0.717, 1.165) is 6.42 Å². The number of carbonyl (C=O) groups excluding carboxylic acids is 1. The molecule has 1 aromatic carbocycles. The van der Waals surface area contributed by atoms with Crippen LogP contribution in [-0.4, -0.2) is 18.6 Å². The molecule has 0 fully saturated rings. The van der Waals surface area contributed by atoms with Gasteiger partial charge in [-0.25, -0.2) is 0 Å². The van der Waals surface area contributed by atoms with E-state index in [9.17, 15) is 4.79 Å². The number of nitrogens with two attached hydrogens (primary N) is 1. The van der Waals surface area contributed by atoms with Crippen molar-refractivity contribution in [2.75, 3.05) is 12.3 Å². The number of ether oxygens (including phenoxy) is 1. The third kappa shape index (κ3) is 3.98. The molecule has 0 aliphatic heterocycles. The molecule has 4 nitrogen and oxygen atoms in total. The lowest BCUT2D eigenvalue weighted by Gasteiger charge is -2.16. The van der Waals surface area contributed by atoms with Gasteiger partial charge in [-0.3, -0.25) is 4.79 Å². The molecular formula is C16H20N2O2S. The fraction of sp³-hybridized carbons (Fsp3) is 0.312. The van der Waals surface area contributed by atoms with Crippen molar-refractivity contribution < 1.29 is 9.53 Å². The van der Waals surface area contributed by atoms with Crippen molar-refractivity contribution in [1.82, 2.24) is 5.32 Å². The lowest BCUT2D eigenvalue weighted by atomic mass is 10.1. The molecule has 1 atom stereocenters. The van der Waals surface area contributed by atoms with Crippen molar-refractivity contribution in [3.8, 4) is 5.75 Å². The maximum Gasteiger partial charge on any atom is 0.257 e. The number of anilines is 1. The Morgan fingerprint density at radius 2 is 2.24 bits per heavy atom. The maximum absolute atomic E-state index is 12.4. The summed E-state index contributed by atoms with van der Waals surface area (Å²) in [5, 5.41) is 7.10. The molecule has 0 radical (unpaired) electrons. The minimum Gasteiger partial charge on any atom is -0.493 e. The first-order chi connectivity index (χ1) is 10.1. The maximum atomic E-state index is 12.4. The summed E-state index contributed by atoms with van der Waals surface area (Å²) in [6, 6.07) is 7.35. The molecule has 5 heteroatoms. The molecule has 0 saturated heterocycles. The Balaban J connectivity index is 2.09. The Hall–Kier alpha value is -2.01. The molecule has 0 spiro atoms. The predicted octanol–water partition coefficient (Wildman–Crippen LogP) is 3.09. The van der Waals surface area contributed by atoms with Crippen LogP contribution in [0, 0.1) is 0 Å². The number of thiophene rings is 1. The molecule has 1 heterocycles. The molecule has 0 aliphatic carbocycles. The second-order valence-corrected chi connectivity index (χ2v) is 5.64. The standard InChI is InChI=1S/C16H20N2O2S/c1-3-20-14-6-4-5-13(17)15(14)16(19)18-11(2)9-12-7-8-21-10-12/h4-8,10-11H,3,9,17H2,1-2H3,(H,18,19). The van der Waals surface area contributed by atoms with Crippen LogP contribution >= 0.6 is 11.3 Å². The van der Waals surface area contributed by atoms with Crippen LogP contribution < -0.4 is 15.8 Å². The molecule has 112 valence electrons. The van der Waals surface area contributed by atoms with Crippen LogP contribution in [0.2, 0.25) is 0 Å². The van der Waals surface area contributed by atoms with Gasteiger partial charge in [0.15, 0.2) is 0 Å². The van der Waals surface area contributed by atoms with E-state index in [4.69, 9.17) is 10.5 Å². The van der Waals surface area contributed by atoms with Crippen LogP contribution in [0.4, 0.5) is 5.69 Å². The molecule has 2 rings (SSSR count). The average molecular weight is 304 g/mol. The number of benzene rings is 1. The Labute approximate surface area is 128 Å². The highest BCUT2D eigenvalue weighted by Crippen LogP contribution is 2.24. The van der Waals surface area contributed by atoms with Gasteiger partial charge >= 0.3 is 0 Å². The van der Waals surface area contributed by atoms with Gasteiger partial charge in [0.1, 0.15) is 11.3 Å². The van der Waals surface area contributed by atoms with E-state index in [1.165, 1.54) is 5.56 Å². The number of nitrogens with one attached hydrogen (secondary N) is 1. The minimum absolute atomic E-state index is 0.0289. The first kappa shape index (κ1) is 15.4. The van der Waals surface area contributed by atoms with Gasteiger partial charge in [0, 0.05) is 11.7 Å². The molecule has 0 saturated carbocycles. The van der Waals surface area contributed by atoms with Gasteiger partial charge in [0.05, 0.1) is 6.61 Å². The third-order valence-electron chi connectivity index (χ3n) is 3.08. The van der Waals surface area contributed by atoms with E-state index in [0.29, 0.717) is 23.6 Å². The van der Waals surface area contributed by atoms with E-state index in [2.05, 4.69) is 16.8 Å². The Bertz CT molecular complexity index is 596. The fourth-order valence-electron chi connectivity index (χ4n) is 2.18. The Morgan fingerprint density at radius 1 is 1.43 bits per heavy atom. The van der Waals surface area contributed by atoms with Crippen molar-refractivity contribution in [3.05, 3.63) is 46.2 Å². The molecule has 21 heavy (non-hydrogen) atoms. The second-order valence-electron chi connectivity index (χ2n) is 4.86. The molecule has 2 aromatic rings. The summed E-state index contributed by atoms with van der Waals surface area (Å²) < 4.78 is 5.49. The zero-order valence-corrected chi connectivity index (χ0v) is 13.1. The average Bonchev–Trinajstić information content (AvgIpc) is 2.91. The molecule has 1 amide bonds. The molecule has 3 N–H and O–H groups in total. The van der Waals surface area contributed by atoms with Crippen LogP contribution in [0.1, 0.15) is 29.8 Å². The molecular weight excluding hydrogens is 284 g/mol. The van der Waals surface area contributed by atoms with Gasteiger partial charge in [0.25, 0.3) is 5.91 Å². The van der Waals surface area contributed by atoms with Gasteiger partial charge in [-0.05, 0) is 54.8 Å². The van der Waals surface area contributed by atoms with Crippen LogP contribution in [-0.2, 0) is 6.42 Å². The molecule has 0 bridgehead atoms. The van der Waals surface area contributed by atoms with Crippen LogP contribution in [0.15, 0.2) is 35.0 Å². The normalized spacial score (nSPS) is 11.9. The highest BCUT2D eigenvalue weighted by molar-refractivity contribution is 7.07. The minimum atomic E-state index is -0.195. The van der Waals surface area contributed by atoms with Crippen molar-refractivity contribution in [2.24, 2.45) is 0 Å². The first-order valence-electron chi connectivity index (χ1n) is 6.95. The fourth-order valence-corrected chi connectivity index (χ4v) is 2.86. The summed E-state index contributed by atoms with van der Waals surface area (Å²) >= 11 is 1.66. The third-order valence-corrected chi connectivity index (χ3v) is 3.82. The molecule has 1 aromatic heterocycles. The summed E-state index contributed by atoms with van der Waals surface area (Å²) in [5.74, 6) is 0.331. The number of carbonyl (C=O) groups is 1. The van der Waals surface area contributed by atoms with E-state index < -0.39 is 0 Å². The second kappa shape index (κ2) is 7.13. The van der Waals surface area contributed by atoms with Gasteiger partial charge in [-0.1, -0.05) is 6.07 Å². The van der Waals surface area contributed by atoms with Gasteiger partial charge in [0.2, 0.25) is 0 Å². The molecule has 1 unspecified atom stereocenters. The number of hydrogen-bond donors (Lipinski definition) is 2. The smallest absolute Gasteiger partial charge is 0.257 e. The lowest BCUT2D eigenvalue weighted by Crippen LogP contribution is -2.34. The van der Waals surface area contributed by atoms with Crippen molar-refractivity contribution in [3.63, 3.8) is 0 Å². The van der Waals surface area contributed by atoms with Crippen LogP contribution in [0.5, 0.6) is 5.75 Å². The van der Waals surface area contributed by atoms with E-state index in [-0.39, 0.29) is 11.9 Å². The summed E-state index contributed by atoms with van der Waals surface area (Å²) in [4.78, 5) is 12.4.